The molecule has 138 valence electrons. The first-order valence-electron chi connectivity index (χ1n) is 9.30. The van der Waals surface area contributed by atoms with Gasteiger partial charge in [0.2, 0.25) is 0 Å². The Morgan fingerprint density at radius 3 is 2.73 bits per heavy atom. The topological polar surface area (TPSA) is 84.7 Å². The van der Waals surface area contributed by atoms with E-state index in [9.17, 15) is 10.1 Å². The summed E-state index contributed by atoms with van der Waals surface area (Å²) in [6.45, 7) is 7.98. The van der Waals surface area contributed by atoms with E-state index in [1.54, 1.807) is 11.1 Å². The molecule has 0 amide bonds. The minimum atomic E-state index is -0.822. The molecule has 3 rings (SSSR count). The van der Waals surface area contributed by atoms with E-state index in [4.69, 9.17) is 5.10 Å². The van der Waals surface area contributed by atoms with Gasteiger partial charge in [0, 0.05) is 34.8 Å². The zero-order valence-electron chi connectivity index (χ0n) is 15.9. The summed E-state index contributed by atoms with van der Waals surface area (Å²) in [5.41, 5.74) is 2.51. The number of nitrogens with zero attached hydrogens (tertiary/aromatic N) is 3. The number of H-pyrrole nitrogens is 1. The number of hydrogen-bond acceptors (Lipinski definition) is 5. The van der Waals surface area contributed by atoms with E-state index in [2.05, 4.69) is 9.97 Å². The fourth-order valence-electron chi connectivity index (χ4n) is 3.32. The summed E-state index contributed by atoms with van der Waals surface area (Å²) in [5, 5.41) is 26.9. The number of pyridine rings is 1. The third-order valence-electron chi connectivity index (χ3n) is 5.24. The van der Waals surface area contributed by atoms with Crippen molar-refractivity contribution in [2.24, 2.45) is 5.10 Å². The number of rotatable bonds is 6. The highest BCUT2D eigenvalue weighted by Gasteiger charge is 2.35. The minimum Gasteiger partial charge on any atom is -0.428 e. The predicted octanol–water partition coefficient (Wildman–Crippen LogP) is 2.18. The molecule has 26 heavy (non-hydrogen) atoms. The first-order valence-corrected chi connectivity index (χ1v) is 9.30. The van der Waals surface area contributed by atoms with E-state index < -0.39 is 12.7 Å². The Balaban J connectivity index is 2.04. The summed E-state index contributed by atoms with van der Waals surface area (Å²) in [6, 6.07) is 2.00. The lowest BCUT2D eigenvalue weighted by Crippen LogP contribution is -2.54. The van der Waals surface area contributed by atoms with Crippen LogP contribution < -0.4 is 5.46 Å². The fourth-order valence-corrected chi connectivity index (χ4v) is 3.32. The van der Waals surface area contributed by atoms with Gasteiger partial charge in [0.25, 0.3) is 0 Å². The summed E-state index contributed by atoms with van der Waals surface area (Å²) >= 11 is 0. The van der Waals surface area contributed by atoms with Crippen LogP contribution in [0.2, 0.25) is 0 Å². The molecule has 7 heteroatoms. The second kappa shape index (κ2) is 7.25. The molecule has 2 aromatic heterocycles. The molecular weight excluding hydrogens is 327 g/mol. The Labute approximate surface area is 154 Å². The van der Waals surface area contributed by atoms with Crippen molar-refractivity contribution in [1.29, 1.82) is 0 Å². The highest BCUT2D eigenvalue weighted by atomic mass is 16.3. The van der Waals surface area contributed by atoms with Gasteiger partial charge in [-0.25, -0.2) is 4.98 Å². The molecule has 3 N–H and O–H groups in total. The molecular formula is C19H27BN4O2. The Morgan fingerprint density at radius 2 is 2.08 bits per heavy atom. The Kier molecular flexibility index (Phi) is 5.21. The average molecular weight is 354 g/mol. The number of hydrazone groups is 1. The van der Waals surface area contributed by atoms with E-state index in [1.165, 1.54) is 0 Å². The van der Waals surface area contributed by atoms with Crippen molar-refractivity contribution in [2.45, 2.75) is 58.6 Å². The number of hydrogen-bond donors (Lipinski definition) is 3. The Bertz CT molecular complexity index is 839. The van der Waals surface area contributed by atoms with Crippen LogP contribution in [0.25, 0.3) is 11.0 Å². The summed E-state index contributed by atoms with van der Waals surface area (Å²) < 4.78 is 0. The number of aliphatic hydroxyl groups is 1. The largest absolute Gasteiger partial charge is 0.468 e. The van der Waals surface area contributed by atoms with Gasteiger partial charge in [0.05, 0.1) is 11.3 Å². The zero-order valence-corrected chi connectivity index (χ0v) is 15.9. The minimum absolute atomic E-state index is 0.0479. The lowest BCUT2D eigenvalue weighted by atomic mass is 9.68. The molecule has 3 heterocycles. The number of fused-ring (bicyclic) bond motifs is 3. The number of aromatic amines is 1. The maximum atomic E-state index is 10.7. The number of aromatic nitrogens is 2. The summed E-state index contributed by atoms with van der Waals surface area (Å²) in [7, 11) is -0.822. The SMILES string of the molecule is CCC(O)(CC)C/C=C/C1=NN(C(C)C)B(O)c2cnc3[nH]ccc3c21. The molecule has 0 bridgehead atoms. The Morgan fingerprint density at radius 1 is 1.35 bits per heavy atom. The van der Waals surface area contributed by atoms with Crippen LogP contribution in [0.5, 0.6) is 0 Å². The third-order valence-corrected chi connectivity index (χ3v) is 5.24. The van der Waals surface area contributed by atoms with Gasteiger partial charge in [0.1, 0.15) is 5.65 Å². The second-order valence-electron chi connectivity index (χ2n) is 7.20. The van der Waals surface area contributed by atoms with Gasteiger partial charge in [-0.2, -0.15) is 5.10 Å². The van der Waals surface area contributed by atoms with E-state index >= 15 is 0 Å². The fraction of sp³-hybridized carbons (Fsp3) is 0.474. The van der Waals surface area contributed by atoms with Crippen LogP contribution in [0.4, 0.5) is 0 Å². The first kappa shape index (κ1) is 18.7. The van der Waals surface area contributed by atoms with Gasteiger partial charge < -0.3 is 20.0 Å². The van der Waals surface area contributed by atoms with Crippen LogP contribution in [0.15, 0.2) is 35.7 Å². The summed E-state index contributed by atoms with van der Waals surface area (Å²) in [6.07, 6.45) is 9.46. The lowest BCUT2D eigenvalue weighted by molar-refractivity contribution is 0.0354. The highest BCUT2D eigenvalue weighted by molar-refractivity contribution is 6.66. The number of nitrogens with one attached hydrogen (secondary N) is 1. The summed E-state index contributed by atoms with van der Waals surface area (Å²) in [4.78, 5) is 9.22. The van der Waals surface area contributed by atoms with Crippen molar-refractivity contribution in [3.05, 3.63) is 36.2 Å². The van der Waals surface area contributed by atoms with Crippen molar-refractivity contribution >= 4 is 29.3 Å². The van der Waals surface area contributed by atoms with Gasteiger partial charge in [0.15, 0.2) is 0 Å². The Hall–Kier alpha value is -2.12. The molecule has 0 aliphatic carbocycles. The molecule has 2 aromatic rings. The summed E-state index contributed by atoms with van der Waals surface area (Å²) in [5.74, 6) is 0. The van der Waals surface area contributed by atoms with Crippen molar-refractivity contribution < 1.29 is 10.1 Å². The average Bonchev–Trinajstić information content (AvgIpc) is 3.11. The molecule has 0 atom stereocenters. The normalized spacial score (nSPS) is 15.3. The second-order valence-corrected chi connectivity index (χ2v) is 7.20. The molecule has 0 saturated carbocycles. The van der Waals surface area contributed by atoms with Crippen molar-refractivity contribution in [2.75, 3.05) is 0 Å². The molecule has 0 saturated heterocycles. The van der Waals surface area contributed by atoms with Crippen LogP contribution in [0, 0.1) is 0 Å². The molecule has 0 unspecified atom stereocenters. The van der Waals surface area contributed by atoms with E-state index in [1.807, 2.05) is 52.1 Å². The molecule has 0 aromatic carbocycles. The third kappa shape index (κ3) is 3.29. The quantitative estimate of drug-likeness (QED) is 0.694. The van der Waals surface area contributed by atoms with Crippen molar-refractivity contribution in [1.82, 2.24) is 14.9 Å². The van der Waals surface area contributed by atoms with Crippen molar-refractivity contribution in [3.63, 3.8) is 0 Å². The molecule has 1 aliphatic heterocycles. The van der Waals surface area contributed by atoms with Crippen molar-refractivity contribution in [3.8, 4) is 0 Å². The van der Waals surface area contributed by atoms with E-state index in [0.29, 0.717) is 19.3 Å². The lowest BCUT2D eigenvalue weighted by Gasteiger charge is -2.32. The van der Waals surface area contributed by atoms with Crippen LogP contribution >= 0.6 is 0 Å². The van der Waals surface area contributed by atoms with Gasteiger partial charge in [-0.05, 0) is 45.3 Å². The molecule has 1 aliphatic rings. The maximum absolute atomic E-state index is 10.7. The smallest absolute Gasteiger partial charge is 0.428 e. The standard InChI is InChI=1S/C19H27BN4O2/c1-5-19(25,6-2)10-7-8-16-17-14-9-11-21-18(14)22-12-15(17)20(26)24(23-16)13(3)4/h7-9,11-13,25-26H,5-6,10H2,1-4H3,(H,21,22)/b8-7+. The van der Waals surface area contributed by atoms with E-state index in [0.717, 1.165) is 27.8 Å². The van der Waals surface area contributed by atoms with E-state index in [-0.39, 0.29) is 6.04 Å². The maximum Gasteiger partial charge on any atom is 0.468 e. The molecule has 0 fully saturated rings. The molecule has 0 radical (unpaired) electrons. The van der Waals surface area contributed by atoms with Crippen LogP contribution in [-0.2, 0) is 0 Å². The van der Waals surface area contributed by atoms with Gasteiger partial charge in [-0.1, -0.05) is 19.9 Å². The monoisotopic (exact) mass is 354 g/mol. The molecule has 6 nitrogen and oxygen atoms in total. The van der Waals surface area contributed by atoms with Crippen LogP contribution in [0.1, 0.15) is 52.5 Å². The van der Waals surface area contributed by atoms with Crippen LogP contribution in [-0.4, -0.2) is 49.4 Å². The van der Waals surface area contributed by atoms with Crippen LogP contribution in [0.3, 0.4) is 0 Å². The predicted molar refractivity (Wildman–Crippen MR) is 107 cm³/mol. The van der Waals surface area contributed by atoms with Gasteiger partial charge in [-0.15, -0.1) is 0 Å². The number of allylic oxidation sites excluding steroid dienone is 1. The highest BCUT2D eigenvalue weighted by Crippen LogP contribution is 2.23. The van der Waals surface area contributed by atoms with Gasteiger partial charge >= 0.3 is 7.05 Å². The van der Waals surface area contributed by atoms with Gasteiger partial charge in [-0.3, -0.25) is 0 Å². The zero-order chi connectivity index (χ0) is 18.9. The molecule has 0 spiro atoms. The first-order chi connectivity index (χ1) is 12.4.